The number of aromatic nitrogens is 2. The molecule has 2 bridgehead atoms. The molecule has 1 aliphatic heterocycles. The first-order valence-corrected chi connectivity index (χ1v) is 10.3. The molecular formula is C21H23N3O7. The molecule has 2 aromatic rings. The van der Waals surface area contributed by atoms with E-state index in [4.69, 9.17) is 4.74 Å². The number of carbonyl (C=O) groups is 2. The van der Waals surface area contributed by atoms with Gasteiger partial charge in [-0.15, -0.1) is 0 Å². The standard InChI is InChI=1S/C21H23N3O7/c25-17-13(20(28)29)6-16(18(26)19(17)27)31-21(30)24-7-9-3-10(8-24)12-5-15-14(4-11(9)12)22-1-2-23-15/h1-2,4-5,9-10,13,16-19,25-27H,3,6-8H2,(H,28,29)/t9-,10+,13?,16?,17?,18?,19?. The van der Waals surface area contributed by atoms with Crippen molar-refractivity contribution in [3.63, 3.8) is 0 Å². The third-order valence-electron chi connectivity index (χ3n) is 6.81. The van der Waals surface area contributed by atoms with Crippen molar-refractivity contribution >= 4 is 23.1 Å². The van der Waals surface area contributed by atoms with Gasteiger partial charge >= 0.3 is 12.1 Å². The average molecular weight is 429 g/mol. The molecule has 1 saturated heterocycles. The third kappa shape index (κ3) is 3.31. The van der Waals surface area contributed by atoms with E-state index in [9.17, 15) is 30.0 Å². The highest BCUT2D eigenvalue weighted by Crippen LogP contribution is 2.47. The highest BCUT2D eigenvalue weighted by molar-refractivity contribution is 5.78. The number of amides is 1. The van der Waals surface area contributed by atoms with Crippen molar-refractivity contribution in [2.75, 3.05) is 13.1 Å². The lowest BCUT2D eigenvalue weighted by Gasteiger charge is -2.39. The molecule has 164 valence electrons. The van der Waals surface area contributed by atoms with Gasteiger partial charge in [-0.3, -0.25) is 14.8 Å². The maximum Gasteiger partial charge on any atom is 0.410 e. The zero-order valence-electron chi connectivity index (χ0n) is 16.5. The fourth-order valence-electron chi connectivity index (χ4n) is 5.21. The Morgan fingerprint density at radius 3 is 2.03 bits per heavy atom. The summed E-state index contributed by atoms with van der Waals surface area (Å²) in [6.07, 6.45) is -2.85. The average Bonchev–Trinajstić information content (AvgIpc) is 3.01. The predicted octanol–water partition coefficient (Wildman–Crippen LogP) is 0.209. The van der Waals surface area contributed by atoms with Gasteiger partial charge in [-0.05, 0) is 29.7 Å². The molecule has 4 N–H and O–H groups in total. The van der Waals surface area contributed by atoms with Crippen molar-refractivity contribution in [1.29, 1.82) is 0 Å². The highest BCUT2D eigenvalue weighted by Gasteiger charge is 2.48. The normalized spacial score (nSPS) is 34.4. The van der Waals surface area contributed by atoms with Crippen LogP contribution < -0.4 is 0 Å². The monoisotopic (exact) mass is 429 g/mol. The number of benzene rings is 1. The van der Waals surface area contributed by atoms with E-state index in [1.165, 1.54) is 0 Å². The Kier molecular flexibility index (Phi) is 4.80. The van der Waals surface area contributed by atoms with E-state index in [0.717, 1.165) is 28.6 Å². The summed E-state index contributed by atoms with van der Waals surface area (Å²) in [7, 11) is 0. The summed E-state index contributed by atoms with van der Waals surface area (Å²) < 4.78 is 5.42. The van der Waals surface area contributed by atoms with Crippen LogP contribution in [0.15, 0.2) is 24.5 Å². The number of hydrogen-bond acceptors (Lipinski definition) is 8. The molecule has 0 radical (unpaired) electrons. The summed E-state index contributed by atoms with van der Waals surface area (Å²) in [5, 5.41) is 39.3. The van der Waals surface area contributed by atoms with Crippen LogP contribution in [0.3, 0.4) is 0 Å². The number of carboxylic acid groups (broad SMARTS) is 1. The van der Waals surface area contributed by atoms with Crippen LogP contribution in [-0.4, -0.2) is 84.9 Å². The number of carboxylic acids is 1. The molecule has 31 heavy (non-hydrogen) atoms. The Bertz CT molecular complexity index is 996. The van der Waals surface area contributed by atoms with Crippen molar-refractivity contribution in [3.05, 3.63) is 35.7 Å². The minimum Gasteiger partial charge on any atom is -0.481 e. The number of carbonyl (C=O) groups excluding carboxylic acids is 1. The first-order chi connectivity index (χ1) is 14.8. The molecule has 7 atom stereocenters. The molecule has 10 heteroatoms. The van der Waals surface area contributed by atoms with Crippen LogP contribution in [0.2, 0.25) is 0 Å². The molecule has 2 heterocycles. The molecule has 5 unspecified atom stereocenters. The van der Waals surface area contributed by atoms with Gasteiger partial charge in [0.25, 0.3) is 0 Å². The minimum absolute atomic E-state index is 0.128. The van der Waals surface area contributed by atoms with Crippen molar-refractivity contribution in [1.82, 2.24) is 14.9 Å². The van der Waals surface area contributed by atoms with Gasteiger partial charge in [0.15, 0.2) is 0 Å². The van der Waals surface area contributed by atoms with Crippen LogP contribution in [0.25, 0.3) is 11.0 Å². The van der Waals surface area contributed by atoms with Crippen molar-refractivity contribution in [2.24, 2.45) is 5.92 Å². The van der Waals surface area contributed by atoms with E-state index in [1.54, 1.807) is 17.3 Å². The predicted molar refractivity (Wildman–Crippen MR) is 105 cm³/mol. The van der Waals surface area contributed by atoms with Gasteiger partial charge in [-0.1, -0.05) is 0 Å². The molecule has 3 aliphatic rings. The van der Waals surface area contributed by atoms with E-state index < -0.39 is 42.4 Å². The summed E-state index contributed by atoms with van der Waals surface area (Å²) >= 11 is 0. The number of aliphatic hydroxyl groups is 3. The Labute approximate surface area is 177 Å². The van der Waals surface area contributed by atoms with Gasteiger partial charge in [0.05, 0.1) is 23.1 Å². The van der Waals surface area contributed by atoms with Crippen LogP contribution >= 0.6 is 0 Å². The summed E-state index contributed by atoms with van der Waals surface area (Å²) in [5.41, 5.74) is 3.91. The topological polar surface area (TPSA) is 153 Å². The number of aliphatic hydroxyl groups excluding tert-OH is 3. The smallest absolute Gasteiger partial charge is 0.410 e. The first kappa shape index (κ1) is 20.1. The lowest BCUT2D eigenvalue weighted by atomic mass is 9.81. The van der Waals surface area contributed by atoms with E-state index in [2.05, 4.69) is 9.97 Å². The zero-order chi connectivity index (χ0) is 21.9. The molecular weight excluding hydrogens is 406 g/mol. The van der Waals surface area contributed by atoms with Crippen molar-refractivity contribution < 1.29 is 34.8 Å². The molecule has 0 spiro atoms. The van der Waals surface area contributed by atoms with Crippen molar-refractivity contribution in [2.45, 2.75) is 49.1 Å². The van der Waals surface area contributed by atoms with Crippen molar-refractivity contribution in [3.8, 4) is 0 Å². The number of piperidine rings is 1. The van der Waals surface area contributed by atoms with Crippen LogP contribution in [0.4, 0.5) is 4.79 Å². The lowest BCUT2D eigenvalue weighted by Crippen LogP contribution is -2.57. The molecule has 5 rings (SSSR count). The number of hydrogen-bond donors (Lipinski definition) is 4. The zero-order valence-corrected chi connectivity index (χ0v) is 16.5. The summed E-state index contributed by atoms with van der Waals surface area (Å²) in [5.74, 6) is -2.39. The number of likely N-dealkylation sites (tertiary alicyclic amines) is 1. The highest BCUT2D eigenvalue weighted by atomic mass is 16.6. The van der Waals surface area contributed by atoms with E-state index in [0.29, 0.717) is 13.1 Å². The van der Waals surface area contributed by atoms with Crippen LogP contribution in [0.1, 0.15) is 35.8 Å². The molecule has 10 nitrogen and oxygen atoms in total. The number of rotatable bonds is 2. The molecule has 1 saturated carbocycles. The Balaban J connectivity index is 1.32. The quantitative estimate of drug-likeness (QED) is 0.524. The van der Waals surface area contributed by atoms with Gasteiger partial charge in [-0.2, -0.15) is 0 Å². The number of nitrogens with zero attached hydrogens (tertiary/aromatic N) is 3. The summed E-state index contributed by atoms with van der Waals surface area (Å²) in [6, 6.07) is 4.05. The number of fused-ring (bicyclic) bond motifs is 6. The maximum atomic E-state index is 12.9. The summed E-state index contributed by atoms with van der Waals surface area (Å²) in [6.45, 7) is 0.870. The van der Waals surface area contributed by atoms with E-state index in [1.807, 2.05) is 12.1 Å². The largest absolute Gasteiger partial charge is 0.481 e. The molecule has 2 aliphatic carbocycles. The van der Waals surface area contributed by atoms with E-state index in [-0.39, 0.29) is 18.3 Å². The van der Waals surface area contributed by atoms with Gasteiger partial charge in [0.2, 0.25) is 0 Å². The molecule has 1 aromatic heterocycles. The van der Waals surface area contributed by atoms with Crippen LogP contribution in [0, 0.1) is 5.92 Å². The fraction of sp³-hybridized carbons (Fsp3) is 0.524. The Morgan fingerprint density at radius 1 is 0.903 bits per heavy atom. The van der Waals surface area contributed by atoms with Gasteiger partial charge in [0.1, 0.15) is 18.3 Å². The van der Waals surface area contributed by atoms with Crippen LogP contribution in [-0.2, 0) is 9.53 Å². The second-order valence-corrected chi connectivity index (χ2v) is 8.64. The van der Waals surface area contributed by atoms with Gasteiger partial charge < -0.3 is 30.1 Å². The number of aliphatic carboxylic acids is 1. The molecule has 1 amide bonds. The van der Waals surface area contributed by atoms with E-state index >= 15 is 0 Å². The van der Waals surface area contributed by atoms with Gasteiger partial charge in [0, 0.05) is 43.7 Å². The second-order valence-electron chi connectivity index (χ2n) is 8.64. The number of ether oxygens (including phenoxy) is 1. The first-order valence-electron chi connectivity index (χ1n) is 10.3. The minimum atomic E-state index is -1.71. The van der Waals surface area contributed by atoms with Gasteiger partial charge in [-0.25, -0.2) is 4.79 Å². The molecule has 1 aromatic carbocycles. The SMILES string of the molecule is O=C(O)C1CC(OC(=O)N2C[C@H]3C[C@@H](C2)c2cc4nccnc4cc23)C(O)C(O)C1O. The lowest BCUT2D eigenvalue weighted by molar-refractivity contribution is -0.179. The Hall–Kier alpha value is -2.82. The molecule has 2 fully saturated rings. The maximum absolute atomic E-state index is 12.9. The third-order valence-corrected chi connectivity index (χ3v) is 6.81. The Morgan fingerprint density at radius 2 is 1.48 bits per heavy atom. The fourth-order valence-corrected chi connectivity index (χ4v) is 5.21. The van der Waals surface area contributed by atoms with Crippen LogP contribution in [0.5, 0.6) is 0 Å². The second kappa shape index (κ2) is 7.40. The summed E-state index contributed by atoms with van der Waals surface area (Å²) in [4.78, 5) is 34.5.